The fraction of sp³-hybridized carbons (Fsp3) is 0.545. The Kier molecular flexibility index (Phi) is 16.1. The Morgan fingerprint density at radius 2 is 1.52 bits per heavy atom. The first-order valence-corrected chi connectivity index (χ1v) is 24.2. The SMILES string of the molecule is C=Cc1c2[nH]c(c1C)/C=C1\N/C(=C3\c4[nH]c(c(C)c4C(=O)[C@@H]3C(=O)OC)/C=C3\N/C(=C\2)C(=C)C3CC)[C@@H](CCC(=O)OC/C=C(\C)CCC[C@H](C)CCC[C@H](C)CCCC(C)C)[C@@H]1C. The van der Waals surface area contributed by atoms with Crippen molar-refractivity contribution in [2.75, 3.05) is 13.7 Å². The van der Waals surface area contributed by atoms with Crippen molar-refractivity contribution in [3.05, 3.63) is 98.2 Å². The molecule has 3 aliphatic heterocycles. The largest absolute Gasteiger partial charge is 0.468 e. The molecule has 64 heavy (non-hydrogen) atoms. The van der Waals surface area contributed by atoms with Crippen LogP contribution in [0.25, 0.3) is 29.9 Å². The summed E-state index contributed by atoms with van der Waals surface area (Å²) in [7, 11) is 1.32. The number of nitrogens with one attached hydrogen (secondary N) is 4. The molecule has 4 aliphatic rings. The lowest BCUT2D eigenvalue weighted by Gasteiger charge is -2.19. The molecule has 1 aliphatic carbocycles. The summed E-state index contributed by atoms with van der Waals surface area (Å²) in [6.07, 6.45) is 23.0. The van der Waals surface area contributed by atoms with Gasteiger partial charge in [-0.15, -0.1) is 0 Å². The minimum absolute atomic E-state index is 0.0504. The first-order chi connectivity index (χ1) is 30.6. The van der Waals surface area contributed by atoms with E-state index in [4.69, 9.17) is 9.47 Å². The predicted molar refractivity (Wildman–Crippen MR) is 262 cm³/mol. The van der Waals surface area contributed by atoms with Crippen LogP contribution in [0.5, 0.6) is 0 Å². The molecule has 2 saturated heterocycles. The molecule has 2 fully saturated rings. The van der Waals surface area contributed by atoms with Crippen LogP contribution in [0.15, 0.2) is 53.2 Å². The van der Waals surface area contributed by atoms with Crippen molar-refractivity contribution in [1.29, 1.82) is 0 Å². The maximum atomic E-state index is 14.4. The molecule has 2 aromatic heterocycles. The monoisotopic (exact) mass is 873 g/mol. The third-order valence-electron chi connectivity index (χ3n) is 14.6. The summed E-state index contributed by atoms with van der Waals surface area (Å²) < 4.78 is 11.1. The van der Waals surface area contributed by atoms with Gasteiger partial charge in [0.05, 0.1) is 12.8 Å². The number of Topliss-reactive ketones (excluding diaryl/α,β-unsaturated/α-hetero) is 1. The van der Waals surface area contributed by atoms with Gasteiger partial charge in [0.15, 0.2) is 5.78 Å². The van der Waals surface area contributed by atoms with Gasteiger partial charge < -0.3 is 30.1 Å². The lowest BCUT2D eigenvalue weighted by molar-refractivity contribution is -0.143. The van der Waals surface area contributed by atoms with Crippen LogP contribution < -0.4 is 10.6 Å². The summed E-state index contributed by atoms with van der Waals surface area (Å²) in [4.78, 5) is 48.7. The van der Waals surface area contributed by atoms with E-state index in [0.717, 1.165) is 99.1 Å². The van der Waals surface area contributed by atoms with Gasteiger partial charge in [0.2, 0.25) is 0 Å². The van der Waals surface area contributed by atoms with Gasteiger partial charge in [0.25, 0.3) is 0 Å². The summed E-state index contributed by atoms with van der Waals surface area (Å²) in [6, 6.07) is 0. The molecule has 1 unspecified atom stereocenters. The van der Waals surface area contributed by atoms with Gasteiger partial charge in [0.1, 0.15) is 12.5 Å². The normalized spacial score (nSPS) is 24.9. The van der Waals surface area contributed by atoms with E-state index in [2.05, 4.69) is 107 Å². The number of ether oxygens (including phenoxy) is 2. The Morgan fingerprint density at radius 1 is 0.859 bits per heavy atom. The molecule has 0 aromatic carbocycles. The van der Waals surface area contributed by atoms with Gasteiger partial charge in [-0.1, -0.05) is 111 Å². The number of rotatable bonds is 20. The van der Waals surface area contributed by atoms with Crippen molar-refractivity contribution in [3.8, 4) is 0 Å². The standard InChI is InChI=1S/C55H76N4O5/c1-13-39-35(8)42-28-44-37(10)41(24-25-48(60)64-27-26-34(7)23-17-22-33(6)21-16-20-32(5)19-15-18-31(3)4)52(58-44)50-51(55(62)63-12)54(61)49-38(11)45(59-53(49)50)30-47-40(14-2)36(9)43(57-47)29-46(39)56-42/h13,26,28-33,37,40-41,51,56-59H,1,9,14-25,27H2,2-8,10-12H3/b34-26+,43-29-,44-28-,47-30-,52-50-/t32-,33-,37+,40?,41+,51-/m1/s1. The second-order valence-electron chi connectivity index (χ2n) is 19.8. The number of carbonyl (C=O) groups excluding carboxylic acids is 3. The highest BCUT2D eigenvalue weighted by atomic mass is 16.5. The number of methoxy groups -OCH3 is 1. The summed E-state index contributed by atoms with van der Waals surface area (Å²) in [5.74, 6) is -0.255. The highest BCUT2D eigenvalue weighted by Crippen LogP contribution is 2.49. The Bertz CT molecular complexity index is 2270. The van der Waals surface area contributed by atoms with E-state index >= 15 is 0 Å². The number of hydrogen-bond acceptors (Lipinski definition) is 7. The van der Waals surface area contributed by atoms with Crippen LogP contribution >= 0.6 is 0 Å². The zero-order valence-electron chi connectivity index (χ0n) is 40.6. The van der Waals surface area contributed by atoms with Crippen LogP contribution in [0.4, 0.5) is 0 Å². The third kappa shape index (κ3) is 10.6. The summed E-state index contributed by atoms with van der Waals surface area (Å²) in [6.45, 7) is 28.7. The van der Waals surface area contributed by atoms with E-state index in [1.165, 1.54) is 57.6 Å². The minimum Gasteiger partial charge on any atom is -0.468 e. The molecule has 0 spiro atoms. The maximum Gasteiger partial charge on any atom is 0.321 e. The van der Waals surface area contributed by atoms with Gasteiger partial charge in [-0.25, -0.2) is 0 Å². The van der Waals surface area contributed by atoms with E-state index in [1.54, 1.807) is 0 Å². The molecule has 6 atom stereocenters. The van der Waals surface area contributed by atoms with Crippen molar-refractivity contribution in [3.63, 3.8) is 0 Å². The van der Waals surface area contributed by atoms with E-state index in [0.29, 0.717) is 23.3 Å². The highest BCUT2D eigenvalue weighted by molar-refractivity contribution is 6.24. The molecule has 0 saturated carbocycles. The van der Waals surface area contributed by atoms with Crippen LogP contribution in [-0.4, -0.2) is 41.4 Å². The molecular weight excluding hydrogens is 797 g/mol. The van der Waals surface area contributed by atoms with E-state index in [-0.39, 0.29) is 42.5 Å². The third-order valence-corrected chi connectivity index (χ3v) is 14.6. The molecule has 2 aromatic rings. The fourth-order valence-electron chi connectivity index (χ4n) is 10.5. The number of allylic oxidation sites excluding steroid dienone is 5. The van der Waals surface area contributed by atoms with Crippen LogP contribution in [0, 0.1) is 55.3 Å². The van der Waals surface area contributed by atoms with E-state index in [9.17, 15) is 14.4 Å². The molecule has 6 rings (SSSR count). The Balaban J connectivity index is 1.20. The van der Waals surface area contributed by atoms with Gasteiger partial charge in [-0.2, -0.15) is 0 Å². The first-order valence-electron chi connectivity index (χ1n) is 24.2. The van der Waals surface area contributed by atoms with Crippen molar-refractivity contribution in [1.82, 2.24) is 20.6 Å². The fourth-order valence-corrected chi connectivity index (χ4v) is 10.5. The van der Waals surface area contributed by atoms with Crippen molar-refractivity contribution < 1.29 is 23.9 Å². The molecule has 0 amide bonds. The number of aromatic nitrogens is 2. The Labute approximate surface area is 383 Å². The smallest absolute Gasteiger partial charge is 0.321 e. The van der Waals surface area contributed by atoms with Crippen molar-refractivity contribution in [2.45, 2.75) is 139 Å². The average Bonchev–Trinajstić information content (AvgIpc) is 3.99. The van der Waals surface area contributed by atoms with E-state index in [1.807, 2.05) is 19.1 Å². The Hall–Kier alpha value is -5.05. The van der Waals surface area contributed by atoms with Crippen molar-refractivity contribution >= 4 is 47.6 Å². The number of hydrogen-bond donors (Lipinski definition) is 4. The molecule has 5 heterocycles. The lowest BCUT2D eigenvalue weighted by atomic mass is 9.85. The van der Waals surface area contributed by atoms with Crippen LogP contribution in [0.1, 0.15) is 175 Å². The first kappa shape index (κ1) is 48.4. The molecular formula is C55H76N4O5. The van der Waals surface area contributed by atoms with E-state index < -0.39 is 11.9 Å². The van der Waals surface area contributed by atoms with Crippen LogP contribution in [0.2, 0.25) is 0 Å². The number of fused-ring (bicyclic) bond motifs is 7. The van der Waals surface area contributed by atoms with Crippen LogP contribution in [0.3, 0.4) is 0 Å². The maximum absolute atomic E-state index is 14.4. The molecule has 346 valence electrons. The molecule has 9 heteroatoms. The van der Waals surface area contributed by atoms with Gasteiger partial charge in [-0.3, -0.25) is 14.4 Å². The topological polar surface area (TPSA) is 125 Å². The number of aromatic amines is 2. The summed E-state index contributed by atoms with van der Waals surface area (Å²) in [5.41, 5.74) is 12.9. The van der Waals surface area contributed by atoms with Gasteiger partial charge >= 0.3 is 11.9 Å². The lowest BCUT2D eigenvalue weighted by Crippen LogP contribution is -2.25. The zero-order chi connectivity index (χ0) is 46.4. The highest BCUT2D eigenvalue weighted by Gasteiger charge is 2.48. The average molecular weight is 873 g/mol. The summed E-state index contributed by atoms with van der Waals surface area (Å²) in [5, 5.41) is 7.34. The number of H-pyrrole nitrogens is 2. The minimum atomic E-state index is -1.15. The number of carbonyl (C=O) groups is 3. The second kappa shape index (κ2) is 21.3. The zero-order valence-corrected chi connectivity index (χ0v) is 40.6. The molecule has 0 radical (unpaired) electrons. The second-order valence-corrected chi connectivity index (χ2v) is 19.8. The Morgan fingerprint density at radius 3 is 2.17 bits per heavy atom. The summed E-state index contributed by atoms with van der Waals surface area (Å²) >= 11 is 0. The van der Waals surface area contributed by atoms with Gasteiger partial charge in [0, 0.05) is 80.7 Å². The number of esters is 2. The predicted octanol–water partition coefficient (Wildman–Crippen LogP) is 12.8. The molecule has 4 N–H and O–H groups in total. The van der Waals surface area contributed by atoms with Crippen molar-refractivity contribution in [2.24, 2.45) is 41.4 Å². The molecule has 8 bridgehead atoms. The van der Waals surface area contributed by atoms with Gasteiger partial charge in [-0.05, 0) is 105 Å². The quantitative estimate of drug-likeness (QED) is 0.0593. The number of ketones is 1. The molecule has 9 nitrogen and oxygen atoms in total. The van der Waals surface area contributed by atoms with Crippen LogP contribution in [-0.2, 0) is 19.1 Å².